The highest BCUT2D eigenvalue weighted by Gasteiger charge is 2.22. The Balaban J connectivity index is 1.62. The zero-order chi connectivity index (χ0) is 20.1. The van der Waals surface area contributed by atoms with E-state index < -0.39 is 16.6 Å². The molecule has 0 saturated carbocycles. The van der Waals surface area contributed by atoms with Gasteiger partial charge in [0.2, 0.25) is 5.75 Å². The molecule has 9 heteroatoms. The summed E-state index contributed by atoms with van der Waals surface area (Å²) in [7, 11) is 0. The van der Waals surface area contributed by atoms with Crippen LogP contribution in [0.4, 0.5) is 5.82 Å². The second kappa shape index (κ2) is 8.55. The molecule has 1 amide bonds. The minimum atomic E-state index is -0.660. The van der Waals surface area contributed by atoms with Crippen LogP contribution in [0.1, 0.15) is 25.0 Å². The normalized spacial score (nSPS) is 14.7. The van der Waals surface area contributed by atoms with Crippen molar-refractivity contribution in [3.05, 3.63) is 51.7 Å². The van der Waals surface area contributed by atoms with Gasteiger partial charge in [0.1, 0.15) is 23.8 Å². The van der Waals surface area contributed by atoms with Gasteiger partial charge in [0, 0.05) is 24.1 Å². The Hall–Kier alpha value is -3.36. The molecular formula is C19H21N3O6. The first-order valence-corrected chi connectivity index (χ1v) is 8.92. The fourth-order valence-electron chi connectivity index (χ4n) is 2.93. The Morgan fingerprint density at radius 1 is 1.39 bits per heavy atom. The van der Waals surface area contributed by atoms with Gasteiger partial charge >= 0.3 is 5.82 Å². The van der Waals surface area contributed by atoms with Gasteiger partial charge < -0.3 is 29.6 Å². The van der Waals surface area contributed by atoms with E-state index in [2.05, 4.69) is 10.3 Å². The monoisotopic (exact) mass is 387 g/mol. The van der Waals surface area contributed by atoms with E-state index in [4.69, 9.17) is 14.2 Å². The van der Waals surface area contributed by atoms with E-state index in [0.29, 0.717) is 12.4 Å². The predicted octanol–water partition coefficient (Wildman–Crippen LogP) is 2.41. The SMILES string of the molecule is CCOc1cc2c(cc1CNC(=O)COc1cccnc1[N+](=O)[O-])O[C@@H](C)C2. The fourth-order valence-corrected chi connectivity index (χ4v) is 2.93. The van der Waals surface area contributed by atoms with Crippen LogP contribution in [-0.4, -0.2) is 35.1 Å². The van der Waals surface area contributed by atoms with Crippen molar-refractivity contribution in [1.29, 1.82) is 0 Å². The van der Waals surface area contributed by atoms with Gasteiger partial charge in [-0.15, -0.1) is 0 Å². The van der Waals surface area contributed by atoms with E-state index in [1.165, 1.54) is 18.3 Å². The van der Waals surface area contributed by atoms with E-state index >= 15 is 0 Å². The summed E-state index contributed by atoms with van der Waals surface area (Å²) in [6.07, 6.45) is 2.22. The number of nitrogens with zero attached hydrogens (tertiary/aromatic N) is 2. The molecule has 2 aromatic rings. The number of ether oxygens (including phenoxy) is 3. The van der Waals surface area contributed by atoms with Gasteiger partial charge in [-0.25, -0.2) is 0 Å². The Morgan fingerprint density at radius 2 is 2.21 bits per heavy atom. The Kier molecular flexibility index (Phi) is 5.93. The summed E-state index contributed by atoms with van der Waals surface area (Å²) >= 11 is 0. The molecule has 0 unspecified atom stereocenters. The molecule has 3 rings (SSSR count). The number of carbonyl (C=O) groups is 1. The molecule has 0 aliphatic carbocycles. The molecule has 0 spiro atoms. The number of nitro groups is 1. The molecule has 9 nitrogen and oxygen atoms in total. The number of nitrogens with one attached hydrogen (secondary N) is 1. The maximum absolute atomic E-state index is 12.1. The van der Waals surface area contributed by atoms with Gasteiger partial charge in [0.05, 0.1) is 6.61 Å². The number of rotatable bonds is 8. The highest BCUT2D eigenvalue weighted by Crippen LogP contribution is 2.35. The number of aromatic nitrogens is 1. The molecule has 28 heavy (non-hydrogen) atoms. The average molecular weight is 387 g/mol. The van der Waals surface area contributed by atoms with Gasteiger partial charge in [-0.05, 0) is 48.0 Å². The third-order valence-electron chi connectivity index (χ3n) is 4.14. The average Bonchev–Trinajstić information content (AvgIpc) is 3.03. The van der Waals surface area contributed by atoms with E-state index in [0.717, 1.165) is 23.3 Å². The van der Waals surface area contributed by atoms with Crippen molar-refractivity contribution in [1.82, 2.24) is 10.3 Å². The molecule has 0 saturated heterocycles. The van der Waals surface area contributed by atoms with Crippen LogP contribution in [0.25, 0.3) is 0 Å². The number of benzene rings is 1. The van der Waals surface area contributed by atoms with Crippen molar-refractivity contribution in [2.45, 2.75) is 32.9 Å². The maximum Gasteiger partial charge on any atom is 0.406 e. The third-order valence-corrected chi connectivity index (χ3v) is 4.14. The van der Waals surface area contributed by atoms with Crippen LogP contribution >= 0.6 is 0 Å². The molecule has 1 aliphatic rings. The van der Waals surface area contributed by atoms with Crippen LogP contribution in [0, 0.1) is 10.1 Å². The number of carbonyl (C=O) groups excluding carboxylic acids is 1. The predicted molar refractivity (Wildman–Crippen MR) is 99.6 cm³/mol. The van der Waals surface area contributed by atoms with E-state index in [9.17, 15) is 14.9 Å². The summed E-state index contributed by atoms with van der Waals surface area (Å²) in [5.74, 6) is 0.581. The number of amides is 1. The van der Waals surface area contributed by atoms with Crippen LogP contribution in [0.3, 0.4) is 0 Å². The molecule has 148 valence electrons. The first-order valence-electron chi connectivity index (χ1n) is 8.92. The molecule has 1 N–H and O–H groups in total. The summed E-state index contributed by atoms with van der Waals surface area (Å²) < 4.78 is 16.7. The lowest BCUT2D eigenvalue weighted by atomic mass is 10.1. The number of pyridine rings is 1. The summed E-state index contributed by atoms with van der Waals surface area (Å²) in [5.41, 5.74) is 1.87. The van der Waals surface area contributed by atoms with Crippen molar-refractivity contribution in [3.8, 4) is 17.2 Å². The standard InChI is InChI=1S/C19H21N3O6/c1-3-26-16-8-13-7-12(2)28-17(13)9-14(16)10-21-18(23)11-27-15-5-4-6-20-19(15)22(24)25/h4-6,8-9,12H,3,7,10-11H2,1-2H3,(H,21,23)/t12-/m0/s1. The Labute approximate surface area is 161 Å². The maximum atomic E-state index is 12.1. The van der Waals surface area contributed by atoms with Gasteiger partial charge in [-0.3, -0.25) is 4.79 Å². The second-order valence-electron chi connectivity index (χ2n) is 6.28. The van der Waals surface area contributed by atoms with E-state index in [1.807, 2.05) is 26.0 Å². The summed E-state index contributed by atoms with van der Waals surface area (Å²) in [4.78, 5) is 26.0. The van der Waals surface area contributed by atoms with E-state index in [-0.39, 0.29) is 25.0 Å². The van der Waals surface area contributed by atoms with Crippen molar-refractivity contribution in [2.75, 3.05) is 13.2 Å². The van der Waals surface area contributed by atoms with Crippen molar-refractivity contribution >= 4 is 11.7 Å². The second-order valence-corrected chi connectivity index (χ2v) is 6.28. The van der Waals surface area contributed by atoms with Crippen LogP contribution in [0.5, 0.6) is 17.2 Å². The highest BCUT2D eigenvalue weighted by atomic mass is 16.6. The van der Waals surface area contributed by atoms with Crippen LogP contribution in [-0.2, 0) is 17.8 Å². The smallest absolute Gasteiger partial charge is 0.406 e. The summed E-state index contributed by atoms with van der Waals surface area (Å²) in [5, 5.41) is 13.7. The molecule has 0 radical (unpaired) electrons. The zero-order valence-electron chi connectivity index (χ0n) is 15.6. The molecule has 0 fully saturated rings. The lowest BCUT2D eigenvalue weighted by molar-refractivity contribution is -0.390. The minimum absolute atomic E-state index is 0.0578. The topological polar surface area (TPSA) is 113 Å². The molecule has 1 atom stereocenters. The molecular weight excluding hydrogens is 366 g/mol. The Bertz CT molecular complexity index is 886. The lowest BCUT2D eigenvalue weighted by Gasteiger charge is -2.13. The molecule has 1 aliphatic heterocycles. The van der Waals surface area contributed by atoms with Gasteiger partial charge in [-0.1, -0.05) is 0 Å². The summed E-state index contributed by atoms with van der Waals surface area (Å²) in [6.45, 7) is 4.25. The van der Waals surface area contributed by atoms with E-state index in [1.54, 1.807) is 0 Å². The molecule has 1 aromatic carbocycles. The van der Waals surface area contributed by atoms with Crippen LogP contribution in [0.2, 0.25) is 0 Å². The van der Waals surface area contributed by atoms with Crippen molar-refractivity contribution in [3.63, 3.8) is 0 Å². The minimum Gasteiger partial charge on any atom is -0.494 e. The molecule has 0 bridgehead atoms. The number of hydrogen-bond acceptors (Lipinski definition) is 7. The molecule has 2 heterocycles. The van der Waals surface area contributed by atoms with Crippen LogP contribution < -0.4 is 19.5 Å². The third kappa shape index (κ3) is 4.48. The zero-order valence-corrected chi connectivity index (χ0v) is 15.6. The quantitative estimate of drug-likeness (QED) is 0.547. The number of hydrogen-bond donors (Lipinski definition) is 1. The van der Waals surface area contributed by atoms with Gasteiger partial charge in [0.15, 0.2) is 6.61 Å². The first-order chi connectivity index (χ1) is 13.5. The summed E-state index contributed by atoms with van der Waals surface area (Å²) in [6, 6.07) is 6.71. The lowest BCUT2D eigenvalue weighted by Crippen LogP contribution is -2.28. The van der Waals surface area contributed by atoms with Crippen molar-refractivity contribution in [2.24, 2.45) is 0 Å². The van der Waals surface area contributed by atoms with Crippen LogP contribution in [0.15, 0.2) is 30.5 Å². The largest absolute Gasteiger partial charge is 0.494 e. The van der Waals surface area contributed by atoms with Crippen molar-refractivity contribution < 1.29 is 23.9 Å². The first kappa shape index (κ1) is 19.4. The van der Waals surface area contributed by atoms with Gasteiger partial charge in [-0.2, -0.15) is 0 Å². The molecule has 1 aromatic heterocycles. The number of fused-ring (bicyclic) bond motifs is 1. The van der Waals surface area contributed by atoms with Gasteiger partial charge in [0.25, 0.3) is 5.91 Å². The Morgan fingerprint density at radius 3 is 2.96 bits per heavy atom. The highest BCUT2D eigenvalue weighted by molar-refractivity contribution is 5.77. The fraction of sp³-hybridized carbons (Fsp3) is 0.368.